The molecule has 0 saturated carbocycles. The molecule has 0 bridgehead atoms. The van der Waals surface area contributed by atoms with Crippen LogP contribution in [0.2, 0.25) is 0 Å². The summed E-state index contributed by atoms with van der Waals surface area (Å²) in [4.78, 5) is 12.2. The number of hydrogen-bond acceptors (Lipinski definition) is 4. The summed E-state index contributed by atoms with van der Waals surface area (Å²) in [5.41, 5.74) is 0.434. The minimum atomic E-state index is -1.04. The van der Waals surface area contributed by atoms with E-state index >= 15 is 0 Å². The fraction of sp³-hybridized carbons (Fsp3) is 0.235. The van der Waals surface area contributed by atoms with E-state index in [-0.39, 0.29) is 5.75 Å². The first kappa shape index (κ1) is 17.5. The maximum Gasteiger partial charge on any atom is 0.265 e. The molecular formula is C17H17F2NO4. The van der Waals surface area contributed by atoms with Crippen LogP contribution in [0.15, 0.2) is 36.4 Å². The van der Waals surface area contributed by atoms with Crippen LogP contribution in [0.25, 0.3) is 0 Å². The third kappa shape index (κ3) is 4.13. The van der Waals surface area contributed by atoms with Gasteiger partial charge < -0.3 is 19.5 Å². The summed E-state index contributed by atoms with van der Waals surface area (Å²) < 4.78 is 41.6. The van der Waals surface area contributed by atoms with Gasteiger partial charge in [-0.25, -0.2) is 8.78 Å². The molecule has 128 valence electrons. The lowest BCUT2D eigenvalue weighted by Crippen LogP contribution is -2.30. The maximum atomic E-state index is 13.2. The van der Waals surface area contributed by atoms with Crippen LogP contribution >= 0.6 is 0 Å². The molecule has 24 heavy (non-hydrogen) atoms. The SMILES string of the molecule is COc1ccc(NC(=O)C(C)Oc2ccc(F)c(F)c2)c(OC)c1. The van der Waals surface area contributed by atoms with E-state index in [1.165, 1.54) is 27.2 Å². The number of rotatable bonds is 6. The lowest BCUT2D eigenvalue weighted by atomic mass is 10.2. The van der Waals surface area contributed by atoms with E-state index in [2.05, 4.69) is 5.32 Å². The zero-order chi connectivity index (χ0) is 17.7. The fourth-order valence-corrected chi connectivity index (χ4v) is 1.94. The Hall–Kier alpha value is -2.83. The standard InChI is InChI=1S/C17H17F2NO4/c1-10(24-12-4-6-13(18)14(19)8-12)17(21)20-15-7-5-11(22-2)9-16(15)23-3/h4-10H,1-3H3,(H,20,21). The fourth-order valence-electron chi connectivity index (χ4n) is 1.94. The van der Waals surface area contributed by atoms with Gasteiger partial charge >= 0.3 is 0 Å². The van der Waals surface area contributed by atoms with Crippen molar-refractivity contribution in [2.24, 2.45) is 0 Å². The second-order valence-electron chi connectivity index (χ2n) is 4.89. The van der Waals surface area contributed by atoms with E-state index in [9.17, 15) is 13.6 Å². The molecule has 2 rings (SSSR count). The van der Waals surface area contributed by atoms with Crippen molar-refractivity contribution in [3.05, 3.63) is 48.0 Å². The van der Waals surface area contributed by atoms with Gasteiger partial charge in [0.25, 0.3) is 5.91 Å². The molecule has 0 radical (unpaired) electrons. The van der Waals surface area contributed by atoms with Crippen molar-refractivity contribution in [1.29, 1.82) is 0 Å². The van der Waals surface area contributed by atoms with Crippen LogP contribution < -0.4 is 19.5 Å². The van der Waals surface area contributed by atoms with Crippen molar-refractivity contribution in [3.8, 4) is 17.2 Å². The van der Waals surface area contributed by atoms with Gasteiger partial charge in [0.2, 0.25) is 0 Å². The van der Waals surface area contributed by atoms with Gasteiger partial charge in [-0.15, -0.1) is 0 Å². The number of benzene rings is 2. The van der Waals surface area contributed by atoms with Crippen molar-refractivity contribution in [2.45, 2.75) is 13.0 Å². The van der Waals surface area contributed by atoms with Gasteiger partial charge in [0.1, 0.15) is 17.2 Å². The molecule has 0 aliphatic carbocycles. The Morgan fingerprint density at radius 3 is 2.33 bits per heavy atom. The number of ether oxygens (including phenoxy) is 3. The smallest absolute Gasteiger partial charge is 0.265 e. The summed E-state index contributed by atoms with van der Waals surface area (Å²) in [5, 5.41) is 2.65. The molecule has 5 nitrogen and oxygen atoms in total. The van der Waals surface area contributed by atoms with E-state index in [0.717, 1.165) is 12.1 Å². The zero-order valence-corrected chi connectivity index (χ0v) is 13.4. The molecule has 0 saturated heterocycles. The number of halogens is 2. The van der Waals surface area contributed by atoms with Gasteiger partial charge in [0.05, 0.1) is 19.9 Å². The average Bonchev–Trinajstić information content (AvgIpc) is 2.58. The number of carbonyl (C=O) groups excluding carboxylic acids is 1. The summed E-state index contributed by atoms with van der Waals surface area (Å²) in [6.45, 7) is 1.49. The van der Waals surface area contributed by atoms with Crippen LogP contribution in [0.3, 0.4) is 0 Å². The number of anilines is 1. The Kier molecular flexibility index (Phi) is 5.57. The summed E-state index contributed by atoms with van der Waals surface area (Å²) >= 11 is 0. The van der Waals surface area contributed by atoms with Crippen molar-refractivity contribution < 1.29 is 27.8 Å². The Morgan fingerprint density at radius 1 is 1.00 bits per heavy atom. The van der Waals surface area contributed by atoms with Crippen molar-refractivity contribution in [3.63, 3.8) is 0 Å². The highest BCUT2D eigenvalue weighted by Crippen LogP contribution is 2.29. The molecule has 1 atom stereocenters. The molecule has 0 aliphatic heterocycles. The molecule has 0 spiro atoms. The predicted molar refractivity (Wildman–Crippen MR) is 84.6 cm³/mol. The van der Waals surface area contributed by atoms with Gasteiger partial charge in [0.15, 0.2) is 17.7 Å². The Labute approximate surface area is 138 Å². The van der Waals surface area contributed by atoms with Gasteiger partial charge in [-0.2, -0.15) is 0 Å². The summed E-state index contributed by atoms with van der Waals surface area (Å²) in [7, 11) is 2.98. The first-order chi connectivity index (χ1) is 11.4. The molecule has 0 aromatic heterocycles. The van der Waals surface area contributed by atoms with Crippen molar-refractivity contribution >= 4 is 11.6 Å². The second kappa shape index (κ2) is 7.63. The van der Waals surface area contributed by atoms with E-state index in [0.29, 0.717) is 17.2 Å². The molecule has 7 heteroatoms. The third-order valence-electron chi connectivity index (χ3n) is 3.24. The topological polar surface area (TPSA) is 56.8 Å². The minimum absolute atomic E-state index is 0.0539. The lowest BCUT2D eigenvalue weighted by Gasteiger charge is -2.16. The first-order valence-corrected chi connectivity index (χ1v) is 7.09. The third-order valence-corrected chi connectivity index (χ3v) is 3.24. The molecule has 1 amide bonds. The van der Waals surface area contributed by atoms with Gasteiger partial charge in [-0.3, -0.25) is 4.79 Å². The maximum absolute atomic E-state index is 13.2. The molecule has 1 N–H and O–H groups in total. The molecule has 2 aromatic carbocycles. The highest BCUT2D eigenvalue weighted by molar-refractivity contribution is 5.95. The largest absolute Gasteiger partial charge is 0.497 e. The van der Waals surface area contributed by atoms with Crippen LogP contribution in [0.5, 0.6) is 17.2 Å². The molecule has 1 unspecified atom stereocenters. The number of amides is 1. The number of nitrogens with one attached hydrogen (secondary N) is 1. The predicted octanol–water partition coefficient (Wildman–Crippen LogP) is 3.39. The minimum Gasteiger partial charge on any atom is -0.497 e. The quantitative estimate of drug-likeness (QED) is 0.878. The highest BCUT2D eigenvalue weighted by atomic mass is 19.2. The van der Waals surface area contributed by atoms with E-state index in [1.807, 2.05) is 0 Å². The van der Waals surface area contributed by atoms with E-state index < -0.39 is 23.6 Å². The number of methoxy groups -OCH3 is 2. The average molecular weight is 337 g/mol. The van der Waals surface area contributed by atoms with Gasteiger partial charge in [-0.05, 0) is 31.2 Å². The van der Waals surface area contributed by atoms with Crippen LogP contribution in [0.4, 0.5) is 14.5 Å². The van der Waals surface area contributed by atoms with Gasteiger partial charge in [0, 0.05) is 12.1 Å². The van der Waals surface area contributed by atoms with E-state index in [1.54, 1.807) is 18.2 Å². The second-order valence-corrected chi connectivity index (χ2v) is 4.89. The first-order valence-electron chi connectivity index (χ1n) is 7.09. The summed E-state index contributed by atoms with van der Waals surface area (Å²) in [5.74, 6) is -1.44. The monoisotopic (exact) mass is 337 g/mol. The lowest BCUT2D eigenvalue weighted by molar-refractivity contribution is -0.122. The normalized spacial score (nSPS) is 11.5. The van der Waals surface area contributed by atoms with Gasteiger partial charge in [-0.1, -0.05) is 0 Å². The van der Waals surface area contributed by atoms with Crippen LogP contribution in [0.1, 0.15) is 6.92 Å². The summed E-state index contributed by atoms with van der Waals surface area (Å²) in [6, 6.07) is 7.97. The molecular weight excluding hydrogens is 320 g/mol. The summed E-state index contributed by atoms with van der Waals surface area (Å²) in [6.07, 6.45) is -0.929. The highest BCUT2D eigenvalue weighted by Gasteiger charge is 2.18. The van der Waals surface area contributed by atoms with Crippen molar-refractivity contribution in [2.75, 3.05) is 19.5 Å². The Bertz CT molecular complexity index is 737. The molecule has 2 aromatic rings. The van der Waals surface area contributed by atoms with Crippen LogP contribution in [-0.2, 0) is 4.79 Å². The van der Waals surface area contributed by atoms with Crippen molar-refractivity contribution in [1.82, 2.24) is 0 Å². The Morgan fingerprint density at radius 2 is 1.71 bits per heavy atom. The van der Waals surface area contributed by atoms with Crippen LogP contribution in [-0.4, -0.2) is 26.2 Å². The number of carbonyl (C=O) groups is 1. The number of hydrogen-bond donors (Lipinski definition) is 1. The van der Waals surface area contributed by atoms with Crippen LogP contribution in [0, 0.1) is 11.6 Å². The van der Waals surface area contributed by atoms with E-state index in [4.69, 9.17) is 14.2 Å². The molecule has 0 aliphatic rings. The molecule has 0 heterocycles. The molecule has 0 fully saturated rings. The zero-order valence-electron chi connectivity index (χ0n) is 13.4. The Balaban J connectivity index is 2.07.